The van der Waals surface area contributed by atoms with Crippen molar-refractivity contribution in [3.63, 3.8) is 0 Å². The molecule has 3 rings (SSSR count). The Hall–Kier alpha value is -2.42. The van der Waals surface area contributed by atoms with Crippen molar-refractivity contribution >= 4 is 0 Å². The van der Waals surface area contributed by atoms with Crippen molar-refractivity contribution < 1.29 is 0 Å². The molecule has 1 N–H and O–H groups in total. The van der Waals surface area contributed by atoms with Crippen LogP contribution in [-0.4, -0.2) is 15.2 Å². The maximum Gasteiger partial charge on any atom is 0.0763 e. The maximum absolute atomic E-state index is 4.57. The van der Waals surface area contributed by atoms with E-state index in [2.05, 4.69) is 59.4 Å². The zero-order valence-corrected chi connectivity index (χ0v) is 11.0. The Morgan fingerprint density at radius 3 is 2.53 bits per heavy atom. The first-order chi connectivity index (χ1) is 9.24. The Labute approximate surface area is 112 Å². The number of nitrogens with one attached hydrogen (secondary N) is 1. The van der Waals surface area contributed by atoms with Crippen molar-refractivity contribution in [1.82, 2.24) is 15.2 Å². The summed E-state index contributed by atoms with van der Waals surface area (Å²) < 4.78 is 0. The predicted molar refractivity (Wildman–Crippen MR) is 76.7 cm³/mol. The van der Waals surface area contributed by atoms with Crippen LogP contribution in [0.5, 0.6) is 0 Å². The van der Waals surface area contributed by atoms with Gasteiger partial charge in [-0.3, -0.25) is 10.1 Å². The van der Waals surface area contributed by atoms with Crippen LogP contribution in [0.2, 0.25) is 0 Å². The van der Waals surface area contributed by atoms with Crippen LogP contribution in [0.1, 0.15) is 11.1 Å². The molecule has 94 valence electrons. The quantitative estimate of drug-likeness (QED) is 0.751. The number of aromatic amines is 1. The second-order valence-corrected chi connectivity index (χ2v) is 4.75. The molecule has 0 fully saturated rings. The van der Waals surface area contributed by atoms with Crippen molar-refractivity contribution in [2.75, 3.05) is 0 Å². The fourth-order valence-corrected chi connectivity index (χ4v) is 2.24. The van der Waals surface area contributed by atoms with Crippen molar-refractivity contribution in [3.8, 4) is 22.4 Å². The van der Waals surface area contributed by atoms with E-state index in [9.17, 15) is 0 Å². The lowest BCUT2D eigenvalue weighted by Crippen LogP contribution is -1.89. The van der Waals surface area contributed by atoms with E-state index in [1.165, 1.54) is 11.1 Å². The second-order valence-electron chi connectivity index (χ2n) is 4.75. The molecule has 0 spiro atoms. The Morgan fingerprint density at radius 1 is 0.947 bits per heavy atom. The highest BCUT2D eigenvalue weighted by molar-refractivity contribution is 5.69. The van der Waals surface area contributed by atoms with E-state index in [-0.39, 0.29) is 0 Å². The molecule has 0 saturated heterocycles. The number of pyridine rings is 1. The van der Waals surface area contributed by atoms with Gasteiger partial charge in [-0.05, 0) is 31.0 Å². The molecular weight excluding hydrogens is 234 g/mol. The van der Waals surface area contributed by atoms with Gasteiger partial charge in [0.2, 0.25) is 0 Å². The van der Waals surface area contributed by atoms with Crippen LogP contribution in [0.4, 0.5) is 0 Å². The summed E-state index contributed by atoms with van der Waals surface area (Å²) in [5, 5.41) is 6.79. The molecule has 0 unspecified atom stereocenters. The fraction of sp³-hybridized carbons (Fsp3) is 0.125. The molecule has 0 bridgehead atoms. The minimum absolute atomic E-state index is 0.977. The minimum atomic E-state index is 0.977. The van der Waals surface area contributed by atoms with E-state index in [0.29, 0.717) is 0 Å². The predicted octanol–water partition coefficient (Wildman–Crippen LogP) is 3.76. The molecule has 3 heteroatoms. The summed E-state index contributed by atoms with van der Waals surface area (Å²) in [6, 6.07) is 10.6. The van der Waals surface area contributed by atoms with Crippen LogP contribution >= 0.6 is 0 Å². The third kappa shape index (κ3) is 2.27. The number of rotatable bonds is 2. The van der Waals surface area contributed by atoms with Gasteiger partial charge in [0.25, 0.3) is 0 Å². The first-order valence-corrected chi connectivity index (χ1v) is 6.27. The third-order valence-electron chi connectivity index (χ3n) is 3.20. The first-order valence-electron chi connectivity index (χ1n) is 6.27. The van der Waals surface area contributed by atoms with Crippen LogP contribution in [-0.2, 0) is 0 Å². The number of H-pyrrole nitrogens is 1. The summed E-state index contributed by atoms with van der Waals surface area (Å²) in [5.41, 5.74) is 6.76. The van der Waals surface area contributed by atoms with E-state index >= 15 is 0 Å². The number of hydrogen-bond donors (Lipinski definition) is 1. The standard InChI is InChI=1S/C16H15N3/c1-11-4-3-5-13(6-11)14-7-12(2)16(17-8-14)15-9-18-19-10-15/h3-10H,1-2H3,(H,18,19). The lowest BCUT2D eigenvalue weighted by atomic mass is 10.0. The fourth-order valence-electron chi connectivity index (χ4n) is 2.24. The zero-order valence-electron chi connectivity index (χ0n) is 11.0. The molecule has 2 aromatic heterocycles. The molecule has 3 aromatic rings. The SMILES string of the molecule is Cc1cccc(-c2cnc(-c3cn[nH]c3)c(C)c2)c1. The summed E-state index contributed by atoms with van der Waals surface area (Å²) in [4.78, 5) is 4.57. The summed E-state index contributed by atoms with van der Waals surface area (Å²) >= 11 is 0. The molecule has 2 heterocycles. The molecule has 19 heavy (non-hydrogen) atoms. The van der Waals surface area contributed by atoms with Crippen molar-refractivity contribution in [3.05, 3.63) is 60.0 Å². The third-order valence-corrected chi connectivity index (χ3v) is 3.20. The molecule has 0 saturated carbocycles. The van der Waals surface area contributed by atoms with Crippen LogP contribution in [0.25, 0.3) is 22.4 Å². The molecule has 0 amide bonds. The Kier molecular flexibility index (Phi) is 2.88. The molecule has 0 radical (unpaired) electrons. The van der Waals surface area contributed by atoms with E-state index < -0.39 is 0 Å². The van der Waals surface area contributed by atoms with Crippen LogP contribution < -0.4 is 0 Å². The van der Waals surface area contributed by atoms with Crippen molar-refractivity contribution in [2.24, 2.45) is 0 Å². The molecule has 0 aliphatic heterocycles. The van der Waals surface area contributed by atoms with Gasteiger partial charge in [-0.15, -0.1) is 0 Å². The summed E-state index contributed by atoms with van der Waals surface area (Å²) in [7, 11) is 0. The van der Waals surface area contributed by atoms with Crippen molar-refractivity contribution in [1.29, 1.82) is 0 Å². The van der Waals surface area contributed by atoms with Gasteiger partial charge in [0, 0.05) is 23.5 Å². The largest absolute Gasteiger partial charge is 0.285 e. The Balaban J connectivity index is 2.05. The lowest BCUT2D eigenvalue weighted by Gasteiger charge is -2.07. The number of hydrogen-bond acceptors (Lipinski definition) is 2. The maximum atomic E-state index is 4.57. The average molecular weight is 249 g/mol. The van der Waals surface area contributed by atoms with E-state index in [1.807, 2.05) is 12.4 Å². The molecule has 0 aliphatic carbocycles. The van der Waals surface area contributed by atoms with Gasteiger partial charge in [0.15, 0.2) is 0 Å². The molecule has 3 nitrogen and oxygen atoms in total. The van der Waals surface area contributed by atoms with Crippen LogP contribution in [0, 0.1) is 13.8 Å². The summed E-state index contributed by atoms with van der Waals surface area (Å²) in [5.74, 6) is 0. The smallest absolute Gasteiger partial charge is 0.0763 e. The van der Waals surface area contributed by atoms with Gasteiger partial charge in [-0.1, -0.05) is 29.8 Å². The Bertz CT molecular complexity index is 700. The number of aryl methyl sites for hydroxylation is 2. The van der Waals surface area contributed by atoms with E-state index in [0.717, 1.165) is 22.4 Å². The summed E-state index contributed by atoms with van der Waals surface area (Å²) in [6.45, 7) is 4.18. The van der Waals surface area contributed by atoms with Gasteiger partial charge in [0.1, 0.15) is 0 Å². The Morgan fingerprint density at radius 2 is 1.84 bits per heavy atom. The normalized spacial score (nSPS) is 10.6. The highest BCUT2D eigenvalue weighted by Crippen LogP contribution is 2.25. The lowest BCUT2D eigenvalue weighted by molar-refractivity contribution is 1.09. The number of benzene rings is 1. The molecule has 0 atom stereocenters. The zero-order chi connectivity index (χ0) is 13.2. The molecular formula is C16H15N3. The molecule has 1 aromatic carbocycles. The minimum Gasteiger partial charge on any atom is -0.285 e. The van der Waals surface area contributed by atoms with Crippen LogP contribution in [0.3, 0.4) is 0 Å². The van der Waals surface area contributed by atoms with Gasteiger partial charge < -0.3 is 0 Å². The van der Waals surface area contributed by atoms with E-state index in [1.54, 1.807) is 6.20 Å². The van der Waals surface area contributed by atoms with E-state index in [4.69, 9.17) is 0 Å². The highest BCUT2D eigenvalue weighted by Gasteiger charge is 2.07. The topological polar surface area (TPSA) is 41.6 Å². The highest BCUT2D eigenvalue weighted by atomic mass is 15.1. The molecule has 0 aliphatic rings. The average Bonchev–Trinajstić information content (AvgIpc) is 2.92. The first kappa shape index (κ1) is 11.7. The van der Waals surface area contributed by atoms with Gasteiger partial charge in [-0.25, -0.2) is 0 Å². The second kappa shape index (κ2) is 4.69. The number of nitrogens with zero attached hydrogens (tertiary/aromatic N) is 2. The van der Waals surface area contributed by atoms with Gasteiger partial charge in [0.05, 0.1) is 11.9 Å². The van der Waals surface area contributed by atoms with Gasteiger partial charge >= 0.3 is 0 Å². The van der Waals surface area contributed by atoms with Gasteiger partial charge in [-0.2, -0.15) is 5.10 Å². The monoisotopic (exact) mass is 249 g/mol. The number of aromatic nitrogens is 3. The van der Waals surface area contributed by atoms with Crippen molar-refractivity contribution in [2.45, 2.75) is 13.8 Å². The summed E-state index contributed by atoms with van der Waals surface area (Å²) in [6.07, 6.45) is 5.58. The van der Waals surface area contributed by atoms with Crippen LogP contribution in [0.15, 0.2) is 48.9 Å².